The zero-order chi connectivity index (χ0) is 23.8. The summed E-state index contributed by atoms with van der Waals surface area (Å²) in [4.78, 5) is 31.0. The highest BCUT2D eigenvalue weighted by Crippen LogP contribution is 2.24. The van der Waals surface area contributed by atoms with Crippen molar-refractivity contribution in [3.8, 4) is 0 Å². The Morgan fingerprint density at radius 2 is 1.85 bits per heavy atom. The summed E-state index contributed by atoms with van der Waals surface area (Å²) in [5.41, 5.74) is 1.32. The van der Waals surface area contributed by atoms with E-state index >= 15 is 0 Å². The number of ether oxygens (including phenoxy) is 1. The van der Waals surface area contributed by atoms with E-state index in [1.807, 2.05) is 32.9 Å². The molecule has 0 fully saturated rings. The Morgan fingerprint density at radius 3 is 2.55 bits per heavy atom. The maximum atomic E-state index is 12.6. The summed E-state index contributed by atoms with van der Waals surface area (Å²) in [6.07, 6.45) is 5.84. The molecule has 0 saturated heterocycles. The fraction of sp³-hybridized carbons (Fsp3) is 0.542. The van der Waals surface area contributed by atoms with Gasteiger partial charge in [0.25, 0.3) is 5.91 Å². The average Bonchev–Trinajstić information content (AvgIpc) is 3.20. The number of hydrogen-bond acceptors (Lipinski definition) is 7. The molecule has 3 rings (SSSR count). The Bertz CT molecular complexity index is 960. The molecule has 2 aromatic heterocycles. The number of rotatable bonds is 9. The van der Waals surface area contributed by atoms with Gasteiger partial charge in [0.2, 0.25) is 0 Å². The number of carbonyl (C=O) groups is 2. The van der Waals surface area contributed by atoms with Crippen molar-refractivity contribution < 1.29 is 14.3 Å². The molecule has 0 aliphatic carbocycles. The van der Waals surface area contributed by atoms with E-state index in [-0.39, 0.29) is 17.7 Å². The van der Waals surface area contributed by atoms with Crippen molar-refractivity contribution in [2.45, 2.75) is 83.5 Å². The van der Waals surface area contributed by atoms with E-state index in [4.69, 9.17) is 4.74 Å². The number of pyridine rings is 1. The van der Waals surface area contributed by atoms with Gasteiger partial charge in [-0.2, -0.15) is 0 Å². The molecule has 0 spiro atoms. The maximum absolute atomic E-state index is 12.6. The molecule has 2 aromatic rings. The van der Waals surface area contributed by atoms with Crippen LogP contribution in [0, 0.1) is 0 Å². The van der Waals surface area contributed by atoms with E-state index in [1.165, 1.54) is 32.1 Å². The average molecular weight is 472 g/mol. The van der Waals surface area contributed by atoms with Crippen LogP contribution in [0.25, 0.3) is 0 Å². The Hall–Kier alpha value is -2.68. The third-order valence-electron chi connectivity index (χ3n) is 5.03. The van der Waals surface area contributed by atoms with Crippen LogP contribution in [0.2, 0.25) is 0 Å². The summed E-state index contributed by atoms with van der Waals surface area (Å²) in [6, 6.07) is 7.10. The van der Waals surface area contributed by atoms with Crippen LogP contribution in [0.3, 0.4) is 0 Å². The van der Waals surface area contributed by atoms with Gasteiger partial charge in [0.05, 0.1) is 18.8 Å². The second-order valence-electron chi connectivity index (χ2n) is 9.11. The largest absolute Gasteiger partial charge is 0.444 e. The van der Waals surface area contributed by atoms with Crippen molar-refractivity contribution in [2.24, 2.45) is 0 Å². The second kappa shape index (κ2) is 11.4. The molecule has 9 heteroatoms. The van der Waals surface area contributed by atoms with Crippen LogP contribution in [-0.2, 0) is 17.8 Å². The molecule has 0 unspecified atom stereocenters. The molecule has 1 N–H and O–H groups in total. The third-order valence-corrected chi connectivity index (χ3v) is 6.04. The summed E-state index contributed by atoms with van der Waals surface area (Å²) < 4.78 is 5.43. The lowest BCUT2D eigenvalue weighted by Crippen LogP contribution is -2.33. The fourth-order valence-corrected chi connectivity index (χ4v) is 4.18. The first-order valence-corrected chi connectivity index (χ1v) is 12.5. The van der Waals surface area contributed by atoms with Crippen molar-refractivity contribution in [3.63, 3.8) is 0 Å². The predicted molar refractivity (Wildman–Crippen MR) is 129 cm³/mol. The number of anilines is 1. The molecule has 1 aliphatic heterocycles. The molecule has 0 atom stereocenters. The number of nitrogens with one attached hydrogen (secondary N) is 1. The van der Waals surface area contributed by atoms with Gasteiger partial charge in [-0.3, -0.25) is 9.69 Å². The normalized spacial score (nSPS) is 13.0. The first-order chi connectivity index (χ1) is 15.7. The molecule has 8 nitrogen and oxygen atoms in total. The van der Waals surface area contributed by atoms with Crippen molar-refractivity contribution in [1.29, 1.82) is 0 Å². The summed E-state index contributed by atoms with van der Waals surface area (Å²) in [7, 11) is 0. The van der Waals surface area contributed by atoms with Gasteiger partial charge in [-0.15, -0.1) is 22.0 Å². The second-order valence-corrected chi connectivity index (χ2v) is 10.2. The van der Waals surface area contributed by atoms with Crippen LogP contribution in [0.15, 0.2) is 29.3 Å². The summed E-state index contributed by atoms with van der Waals surface area (Å²) in [5, 5.41) is 11.9. The van der Waals surface area contributed by atoms with Gasteiger partial charge in [0, 0.05) is 0 Å². The minimum atomic E-state index is -0.561. The molecule has 0 saturated carbocycles. The van der Waals surface area contributed by atoms with Crippen molar-refractivity contribution in [1.82, 2.24) is 20.1 Å². The lowest BCUT2D eigenvalue weighted by molar-refractivity contribution is 0.0240. The molecule has 0 radical (unpaired) electrons. The summed E-state index contributed by atoms with van der Waals surface area (Å²) in [6.45, 7) is 8.44. The van der Waals surface area contributed by atoms with E-state index in [0.717, 1.165) is 16.3 Å². The number of hydrogen-bond donors (Lipinski definition) is 1. The number of nitrogens with zero attached hydrogens (tertiary/aromatic N) is 4. The molecule has 3 heterocycles. The zero-order valence-corrected chi connectivity index (χ0v) is 20.7. The zero-order valence-electron chi connectivity index (χ0n) is 19.9. The van der Waals surface area contributed by atoms with Gasteiger partial charge in [0.15, 0.2) is 5.82 Å². The molecule has 1 aliphatic rings. The molecule has 0 aromatic carbocycles. The Balaban J connectivity index is 1.51. The lowest BCUT2D eigenvalue weighted by Gasteiger charge is -2.23. The monoisotopic (exact) mass is 471 g/mol. The van der Waals surface area contributed by atoms with E-state index in [2.05, 4.69) is 27.4 Å². The highest BCUT2D eigenvalue weighted by atomic mass is 32.2. The summed E-state index contributed by atoms with van der Waals surface area (Å²) >= 11 is 1.68. The quantitative estimate of drug-likeness (QED) is 0.384. The number of fused-ring (bicyclic) bond motifs is 1. The SMILES string of the molecule is CCCCCCCSc1ccc(NC(=O)c2ccc3c(n2)CN(C(=O)OC(C)(C)C)C3)nn1. The van der Waals surface area contributed by atoms with Gasteiger partial charge < -0.3 is 10.1 Å². The summed E-state index contributed by atoms with van der Waals surface area (Å²) in [5.74, 6) is 1.04. The van der Waals surface area contributed by atoms with Gasteiger partial charge in [0.1, 0.15) is 16.3 Å². The van der Waals surface area contributed by atoms with Gasteiger partial charge in [-0.25, -0.2) is 9.78 Å². The third kappa shape index (κ3) is 7.70. The minimum Gasteiger partial charge on any atom is -0.444 e. The van der Waals surface area contributed by atoms with E-state index in [1.54, 1.807) is 28.8 Å². The highest BCUT2D eigenvalue weighted by molar-refractivity contribution is 7.99. The van der Waals surface area contributed by atoms with Gasteiger partial charge in [-0.05, 0) is 56.7 Å². The van der Waals surface area contributed by atoms with Crippen LogP contribution in [0.5, 0.6) is 0 Å². The van der Waals surface area contributed by atoms with Crippen molar-refractivity contribution >= 4 is 29.6 Å². The van der Waals surface area contributed by atoms with Crippen molar-refractivity contribution in [2.75, 3.05) is 11.1 Å². The Kier molecular flexibility index (Phi) is 8.66. The van der Waals surface area contributed by atoms with Crippen LogP contribution >= 0.6 is 11.8 Å². The van der Waals surface area contributed by atoms with Gasteiger partial charge in [-0.1, -0.05) is 38.7 Å². The maximum Gasteiger partial charge on any atom is 0.410 e. The number of aromatic nitrogens is 3. The van der Waals surface area contributed by atoms with Crippen LogP contribution in [0.1, 0.15) is 81.5 Å². The number of carbonyl (C=O) groups excluding carboxylic acids is 2. The lowest BCUT2D eigenvalue weighted by atomic mass is 10.2. The minimum absolute atomic E-state index is 0.270. The van der Waals surface area contributed by atoms with E-state index in [0.29, 0.717) is 24.6 Å². The molecular weight excluding hydrogens is 438 g/mol. The fourth-order valence-electron chi connectivity index (χ4n) is 3.36. The smallest absolute Gasteiger partial charge is 0.410 e. The van der Waals surface area contributed by atoms with Crippen LogP contribution in [0.4, 0.5) is 10.6 Å². The van der Waals surface area contributed by atoms with Crippen LogP contribution < -0.4 is 5.32 Å². The van der Waals surface area contributed by atoms with E-state index < -0.39 is 5.60 Å². The Labute approximate surface area is 199 Å². The number of thioether (sulfide) groups is 1. The standard InChI is InChI=1S/C24H33N5O3S/c1-5-6-7-8-9-14-33-21-13-12-20(27-28-21)26-22(30)18-11-10-17-15-29(16-19(17)25-18)23(31)32-24(2,3)4/h10-13H,5-9,14-16H2,1-4H3,(H,26,27,30). The molecule has 2 amide bonds. The molecule has 0 bridgehead atoms. The van der Waals surface area contributed by atoms with Crippen molar-refractivity contribution in [3.05, 3.63) is 41.2 Å². The molecule has 178 valence electrons. The first kappa shape index (κ1) is 25.0. The molecular formula is C24H33N5O3S. The van der Waals surface area contributed by atoms with E-state index in [9.17, 15) is 9.59 Å². The Morgan fingerprint density at radius 1 is 1.06 bits per heavy atom. The van der Waals surface area contributed by atoms with Crippen LogP contribution in [-0.4, -0.2) is 43.4 Å². The number of unbranched alkanes of at least 4 members (excludes halogenated alkanes) is 4. The topological polar surface area (TPSA) is 97.3 Å². The predicted octanol–water partition coefficient (Wildman–Crippen LogP) is 5.44. The first-order valence-electron chi connectivity index (χ1n) is 11.5. The van der Waals surface area contributed by atoms with Gasteiger partial charge >= 0.3 is 6.09 Å². The number of amides is 2. The molecule has 33 heavy (non-hydrogen) atoms. The highest BCUT2D eigenvalue weighted by Gasteiger charge is 2.29.